The zero-order chi connectivity index (χ0) is 17.8. The highest BCUT2D eigenvalue weighted by atomic mass is 32.2. The first-order valence-electron chi connectivity index (χ1n) is 8.62. The molecule has 4 nitrogen and oxygen atoms in total. The Balaban J connectivity index is 1.89. The van der Waals surface area contributed by atoms with Gasteiger partial charge in [-0.05, 0) is 68.4 Å². The SMILES string of the molecule is CSc1ccc(C(c2ccc(C)cn2)N2CCC(C(=O)O)CC2)cc1. The molecule has 1 N–H and O–H groups in total. The Bertz CT molecular complexity index is 707. The van der Waals surface area contributed by atoms with Gasteiger partial charge >= 0.3 is 5.97 Å². The van der Waals surface area contributed by atoms with Crippen LogP contribution in [0.25, 0.3) is 0 Å². The summed E-state index contributed by atoms with van der Waals surface area (Å²) in [7, 11) is 0. The summed E-state index contributed by atoms with van der Waals surface area (Å²) < 4.78 is 0. The summed E-state index contributed by atoms with van der Waals surface area (Å²) in [4.78, 5) is 19.5. The van der Waals surface area contributed by atoms with Gasteiger partial charge in [0.05, 0.1) is 17.7 Å². The maximum absolute atomic E-state index is 11.2. The minimum Gasteiger partial charge on any atom is -0.481 e. The van der Waals surface area contributed by atoms with Gasteiger partial charge < -0.3 is 5.11 Å². The molecule has 5 heteroatoms. The van der Waals surface area contributed by atoms with E-state index in [-0.39, 0.29) is 12.0 Å². The van der Waals surface area contributed by atoms with Crippen molar-refractivity contribution in [3.63, 3.8) is 0 Å². The van der Waals surface area contributed by atoms with Crippen molar-refractivity contribution in [1.82, 2.24) is 9.88 Å². The molecule has 3 rings (SSSR count). The Labute approximate surface area is 153 Å². The molecule has 0 amide bonds. The van der Waals surface area contributed by atoms with Gasteiger partial charge in [0, 0.05) is 11.1 Å². The maximum Gasteiger partial charge on any atom is 0.306 e. The van der Waals surface area contributed by atoms with Crippen LogP contribution in [-0.2, 0) is 4.79 Å². The van der Waals surface area contributed by atoms with E-state index in [1.165, 1.54) is 10.5 Å². The van der Waals surface area contributed by atoms with Crippen molar-refractivity contribution in [2.45, 2.75) is 30.7 Å². The molecule has 132 valence electrons. The van der Waals surface area contributed by atoms with Crippen LogP contribution in [-0.4, -0.2) is 40.3 Å². The van der Waals surface area contributed by atoms with Crippen LogP contribution in [0.4, 0.5) is 0 Å². The summed E-state index contributed by atoms with van der Waals surface area (Å²) >= 11 is 1.73. The number of pyridine rings is 1. The fourth-order valence-corrected chi connectivity index (χ4v) is 3.81. The highest BCUT2D eigenvalue weighted by molar-refractivity contribution is 7.98. The van der Waals surface area contributed by atoms with Crippen molar-refractivity contribution in [3.8, 4) is 0 Å². The summed E-state index contributed by atoms with van der Waals surface area (Å²) in [5.41, 5.74) is 3.38. The van der Waals surface area contributed by atoms with E-state index in [4.69, 9.17) is 0 Å². The minimum absolute atomic E-state index is 0.0752. The quantitative estimate of drug-likeness (QED) is 0.821. The van der Waals surface area contributed by atoms with E-state index >= 15 is 0 Å². The van der Waals surface area contributed by atoms with E-state index in [2.05, 4.69) is 52.5 Å². The second-order valence-electron chi connectivity index (χ2n) is 6.58. The molecule has 1 atom stereocenters. The molecule has 0 spiro atoms. The molecular formula is C20H24N2O2S. The molecular weight excluding hydrogens is 332 g/mol. The fraction of sp³-hybridized carbons (Fsp3) is 0.400. The highest BCUT2D eigenvalue weighted by Crippen LogP contribution is 2.32. The number of carbonyl (C=O) groups is 1. The van der Waals surface area contributed by atoms with Gasteiger partial charge in [0.15, 0.2) is 0 Å². The average Bonchev–Trinajstić information content (AvgIpc) is 2.64. The molecule has 1 aliphatic heterocycles. The van der Waals surface area contributed by atoms with Gasteiger partial charge in [0.25, 0.3) is 0 Å². The molecule has 0 aliphatic carbocycles. The smallest absolute Gasteiger partial charge is 0.306 e. The normalized spacial score (nSPS) is 17.4. The first-order chi connectivity index (χ1) is 12.1. The lowest BCUT2D eigenvalue weighted by Crippen LogP contribution is -2.39. The Kier molecular flexibility index (Phi) is 5.76. The molecule has 1 saturated heterocycles. The van der Waals surface area contributed by atoms with Crippen LogP contribution in [0.1, 0.15) is 35.7 Å². The number of rotatable bonds is 5. The number of hydrogen-bond acceptors (Lipinski definition) is 4. The van der Waals surface area contributed by atoms with Crippen LogP contribution >= 0.6 is 11.8 Å². The van der Waals surface area contributed by atoms with Crippen LogP contribution < -0.4 is 0 Å². The summed E-state index contributed by atoms with van der Waals surface area (Å²) in [6.07, 6.45) is 5.37. The molecule has 1 aromatic carbocycles. The van der Waals surface area contributed by atoms with E-state index in [0.717, 1.165) is 24.3 Å². The van der Waals surface area contributed by atoms with E-state index in [1.807, 2.05) is 13.1 Å². The number of aliphatic carboxylic acids is 1. The highest BCUT2D eigenvalue weighted by Gasteiger charge is 2.30. The van der Waals surface area contributed by atoms with Gasteiger partial charge in [-0.1, -0.05) is 18.2 Å². The zero-order valence-electron chi connectivity index (χ0n) is 14.7. The van der Waals surface area contributed by atoms with Gasteiger partial charge in [-0.2, -0.15) is 0 Å². The Hall–Kier alpha value is -1.85. The molecule has 0 bridgehead atoms. The predicted octanol–water partition coefficient (Wildman–Crippen LogP) is 4.00. The summed E-state index contributed by atoms with van der Waals surface area (Å²) in [6, 6.07) is 12.9. The molecule has 1 unspecified atom stereocenters. The third kappa shape index (κ3) is 4.22. The second kappa shape index (κ2) is 8.02. The number of piperidine rings is 1. The van der Waals surface area contributed by atoms with Crippen molar-refractivity contribution >= 4 is 17.7 Å². The zero-order valence-corrected chi connectivity index (χ0v) is 15.5. The topological polar surface area (TPSA) is 53.4 Å². The van der Waals surface area contributed by atoms with Gasteiger partial charge in [-0.3, -0.25) is 14.7 Å². The number of aromatic nitrogens is 1. The molecule has 2 aromatic rings. The largest absolute Gasteiger partial charge is 0.481 e. The van der Waals surface area contributed by atoms with Crippen LogP contribution in [0, 0.1) is 12.8 Å². The number of carboxylic acids is 1. The minimum atomic E-state index is -0.672. The lowest BCUT2D eigenvalue weighted by Gasteiger charge is -2.36. The molecule has 1 aliphatic rings. The van der Waals surface area contributed by atoms with Crippen molar-refractivity contribution in [2.24, 2.45) is 5.92 Å². The molecule has 0 radical (unpaired) electrons. The lowest BCUT2D eigenvalue weighted by atomic mass is 9.93. The number of thioether (sulfide) groups is 1. The molecule has 1 fully saturated rings. The van der Waals surface area contributed by atoms with E-state index in [0.29, 0.717) is 12.8 Å². The standard InChI is InChI=1S/C20H24N2O2S/c1-14-3-8-18(21-13-14)19(15-4-6-17(25-2)7-5-15)22-11-9-16(10-12-22)20(23)24/h3-8,13,16,19H,9-12H2,1-2H3,(H,23,24). The monoisotopic (exact) mass is 356 g/mol. The van der Waals surface area contributed by atoms with Gasteiger partial charge in [-0.25, -0.2) is 0 Å². The second-order valence-corrected chi connectivity index (χ2v) is 7.46. The Morgan fingerprint density at radius 3 is 2.40 bits per heavy atom. The summed E-state index contributed by atoms with van der Waals surface area (Å²) in [5, 5.41) is 9.25. The van der Waals surface area contributed by atoms with Crippen LogP contribution in [0.2, 0.25) is 0 Å². The number of nitrogens with zero attached hydrogens (tertiary/aromatic N) is 2. The molecule has 1 aromatic heterocycles. The Morgan fingerprint density at radius 2 is 1.88 bits per heavy atom. The van der Waals surface area contributed by atoms with Crippen LogP contribution in [0.15, 0.2) is 47.5 Å². The Morgan fingerprint density at radius 1 is 1.20 bits per heavy atom. The summed E-state index contributed by atoms with van der Waals surface area (Å²) in [6.45, 7) is 3.60. The average molecular weight is 356 g/mol. The van der Waals surface area contributed by atoms with Crippen molar-refractivity contribution in [2.75, 3.05) is 19.3 Å². The van der Waals surface area contributed by atoms with E-state index in [1.54, 1.807) is 11.8 Å². The number of carboxylic acid groups (broad SMARTS) is 1. The van der Waals surface area contributed by atoms with E-state index in [9.17, 15) is 9.90 Å². The van der Waals surface area contributed by atoms with Crippen molar-refractivity contribution < 1.29 is 9.90 Å². The fourth-order valence-electron chi connectivity index (χ4n) is 3.40. The maximum atomic E-state index is 11.2. The van der Waals surface area contributed by atoms with Crippen molar-refractivity contribution in [1.29, 1.82) is 0 Å². The van der Waals surface area contributed by atoms with Gasteiger partial charge in [0.1, 0.15) is 0 Å². The molecule has 25 heavy (non-hydrogen) atoms. The molecule has 2 heterocycles. The van der Waals surface area contributed by atoms with Crippen molar-refractivity contribution in [3.05, 3.63) is 59.4 Å². The number of hydrogen-bond donors (Lipinski definition) is 1. The van der Waals surface area contributed by atoms with Gasteiger partial charge in [-0.15, -0.1) is 11.8 Å². The van der Waals surface area contributed by atoms with E-state index < -0.39 is 5.97 Å². The summed E-state index contributed by atoms with van der Waals surface area (Å²) in [5.74, 6) is -0.893. The number of aryl methyl sites for hydroxylation is 1. The third-order valence-electron chi connectivity index (χ3n) is 4.89. The first-order valence-corrected chi connectivity index (χ1v) is 9.84. The number of likely N-dealkylation sites (tertiary alicyclic amines) is 1. The third-order valence-corrected chi connectivity index (χ3v) is 5.63. The number of benzene rings is 1. The predicted molar refractivity (Wildman–Crippen MR) is 101 cm³/mol. The van der Waals surface area contributed by atoms with Crippen LogP contribution in [0.3, 0.4) is 0 Å². The molecule has 0 saturated carbocycles. The lowest BCUT2D eigenvalue weighted by molar-refractivity contribution is -0.143. The first kappa shape index (κ1) is 18.0. The van der Waals surface area contributed by atoms with Gasteiger partial charge in [0.2, 0.25) is 0 Å². The van der Waals surface area contributed by atoms with Crippen LogP contribution in [0.5, 0.6) is 0 Å².